The minimum absolute atomic E-state index is 0.141. The van der Waals surface area contributed by atoms with Gasteiger partial charge in [0.15, 0.2) is 0 Å². The lowest BCUT2D eigenvalue weighted by molar-refractivity contribution is 0.886. The van der Waals surface area contributed by atoms with Crippen LogP contribution in [-0.2, 0) is 0 Å². The van der Waals surface area contributed by atoms with E-state index < -0.39 is 0 Å². The number of nitrogens with one attached hydrogen (secondary N) is 5. The molecule has 0 radical (unpaired) electrons. The van der Waals surface area contributed by atoms with E-state index in [1.807, 2.05) is 5.43 Å². The zero-order valence-corrected chi connectivity index (χ0v) is 7.63. The number of nitrogens with two attached hydrogens (primary N) is 2. The van der Waals surface area contributed by atoms with Gasteiger partial charge in [-0.15, -0.1) is 0 Å². The average molecular weight is 199 g/mol. The van der Waals surface area contributed by atoms with E-state index >= 15 is 0 Å². The molecule has 0 fully saturated rings. The maximum Gasteiger partial charge on any atom is 0.223 e. The summed E-state index contributed by atoms with van der Waals surface area (Å²) in [6.07, 6.45) is 1.33. The van der Waals surface area contributed by atoms with E-state index in [1.54, 1.807) is 6.92 Å². The quantitative estimate of drug-likeness (QED) is 0.119. The molecule has 0 aromatic carbocycles. The molecule has 0 saturated carbocycles. The van der Waals surface area contributed by atoms with Crippen LogP contribution >= 0.6 is 0 Å². The van der Waals surface area contributed by atoms with Crippen molar-refractivity contribution in [3.05, 3.63) is 0 Å². The van der Waals surface area contributed by atoms with E-state index in [4.69, 9.17) is 22.4 Å². The third-order valence-corrected chi connectivity index (χ3v) is 0.925. The van der Waals surface area contributed by atoms with Crippen LogP contribution in [-0.4, -0.2) is 23.8 Å². The smallest absolute Gasteiger partial charge is 0.223 e. The highest BCUT2D eigenvalue weighted by Gasteiger charge is 1.88. The second-order valence-electron chi connectivity index (χ2n) is 2.17. The fraction of sp³-hybridized carbons (Fsp3) is 0.200. The zero-order chi connectivity index (χ0) is 11.0. The molecular formula is C5H13N9. The summed E-state index contributed by atoms with van der Waals surface area (Å²) in [6, 6.07) is 0. The molecule has 9 N–H and O–H groups in total. The molecule has 0 saturated heterocycles. The minimum Gasteiger partial charge on any atom is -0.369 e. The van der Waals surface area contributed by atoms with Crippen molar-refractivity contribution >= 4 is 23.8 Å². The van der Waals surface area contributed by atoms with Gasteiger partial charge < -0.3 is 5.73 Å². The van der Waals surface area contributed by atoms with Crippen LogP contribution in [0.4, 0.5) is 0 Å². The van der Waals surface area contributed by atoms with Gasteiger partial charge in [-0.2, -0.15) is 10.2 Å². The van der Waals surface area contributed by atoms with Crippen LogP contribution in [0.5, 0.6) is 0 Å². The monoisotopic (exact) mass is 199 g/mol. The van der Waals surface area contributed by atoms with Gasteiger partial charge in [-0.3, -0.25) is 16.2 Å². The van der Waals surface area contributed by atoms with Gasteiger partial charge in [-0.05, 0) is 6.92 Å². The summed E-state index contributed by atoms with van der Waals surface area (Å²) in [4.78, 5) is 0. The van der Waals surface area contributed by atoms with Crippen LogP contribution in [0.1, 0.15) is 6.92 Å². The van der Waals surface area contributed by atoms with Gasteiger partial charge in [0.25, 0.3) is 0 Å². The van der Waals surface area contributed by atoms with Gasteiger partial charge in [0.2, 0.25) is 11.9 Å². The predicted octanol–water partition coefficient (Wildman–Crippen LogP) is -2.18. The Morgan fingerprint density at radius 3 is 2.50 bits per heavy atom. The second-order valence-corrected chi connectivity index (χ2v) is 2.17. The SMILES string of the molecule is CC(/C=N/NC(=N)N)=N\NC(=N)NN. The molecule has 9 heteroatoms. The highest BCUT2D eigenvalue weighted by Crippen LogP contribution is 1.69. The van der Waals surface area contributed by atoms with Crippen LogP contribution < -0.4 is 27.9 Å². The molecule has 78 valence electrons. The molecule has 0 heterocycles. The third-order valence-electron chi connectivity index (χ3n) is 0.925. The van der Waals surface area contributed by atoms with Crippen molar-refractivity contribution in [1.82, 2.24) is 16.3 Å². The summed E-state index contributed by atoms with van der Waals surface area (Å²) in [5, 5.41) is 21.0. The average Bonchev–Trinajstić information content (AvgIpc) is 2.13. The Bertz CT molecular complexity index is 264. The van der Waals surface area contributed by atoms with E-state index in [9.17, 15) is 0 Å². The van der Waals surface area contributed by atoms with Crippen molar-refractivity contribution in [3.8, 4) is 0 Å². The standard InChI is InChI=1S/C5H13N9/c1-3(2-10-13-4(6)7)12-14-5(8)11-9/h2H,9H2,1H3,(H4,6,7,13)(H3,8,11,14)/b10-2+,12-3+. The predicted molar refractivity (Wildman–Crippen MR) is 54.8 cm³/mol. The molecule has 0 atom stereocenters. The second kappa shape index (κ2) is 6.37. The molecule has 0 bridgehead atoms. The van der Waals surface area contributed by atoms with Gasteiger partial charge in [-0.25, -0.2) is 16.7 Å². The van der Waals surface area contributed by atoms with Crippen molar-refractivity contribution in [1.29, 1.82) is 10.8 Å². The van der Waals surface area contributed by atoms with Crippen LogP contribution in [0.3, 0.4) is 0 Å². The number of hydrazone groups is 2. The zero-order valence-electron chi connectivity index (χ0n) is 7.63. The van der Waals surface area contributed by atoms with E-state index in [1.165, 1.54) is 6.21 Å². The Morgan fingerprint density at radius 1 is 1.36 bits per heavy atom. The lowest BCUT2D eigenvalue weighted by Gasteiger charge is -2.00. The van der Waals surface area contributed by atoms with E-state index in [2.05, 4.69) is 21.1 Å². The van der Waals surface area contributed by atoms with Crippen molar-refractivity contribution in [3.63, 3.8) is 0 Å². The van der Waals surface area contributed by atoms with Crippen LogP contribution in [0, 0.1) is 10.8 Å². The highest BCUT2D eigenvalue weighted by molar-refractivity contribution is 6.29. The summed E-state index contributed by atoms with van der Waals surface area (Å²) < 4.78 is 0. The lowest BCUT2D eigenvalue weighted by Crippen LogP contribution is -2.38. The highest BCUT2D eigenvalue weighted by atomic mass is 15.4. The van der Waals surface area contributed by atoms with Crippen LogP contribution in [0.2, 0.25) is 0 Å². The summed E-state index contributed by atoms with van der Waals surface area (Å²) in [5.74, 6) is 4.49. The Kier molecular flexibility index (Phi) is 5.38. The molecule has 0 aliphatic carbocycles. The number of hydrogen-bond acceptors (Lipinski definition) is 5. The first-order valence-electron chi connectivity index (χ1n) is 3.55. The summed E-state index contributed by atoms with van der Waals surface area (Å²) >= 11 is 0. The first-order valence-corrected chi connectivity index (χ1v) is 3.55. The van der Waals surface area contributed by atoms with E-state index in [0.717, 1.165) is 0 Å². The van der Waals surface area contributed by atoms with Gasteiger partial charge in [0.1, 0.15) is 0 Å². The molecule has 0 unspecified atom stereocenters. The molecule has 0 rings (SSSR count). The van der Waals surface area contributed by atoms with Gasteiger partial charge in [0, 0.05) is 0 Å². The van der Waals surface area contributed by atoms with Crippen molar-refractivity contribution in [2.75, 3.05) is 0 Å². The first-order chi connectivity index (χ1) is 6.56. The molecule has 14 heavy (non-hydrogen) atoms. The molecule has 0 aromatic rings. The molecule has 0 aliphatic rings. The fourth-order valence-corrected chi connectivity index (χ4v) is 0.400. The molecule has 0 aliphatic heterocycles. The third kappa shape index (κ3) is 6.54. The van der Waals surface area contributed by atoms with Crippen molar-refractivity contribution in [2.24, 2.45) is 21.8 Å². The molecule has 0 aromatic heterocycles. The van der Waals surface area contributed by atoms with E-state index in [0.29, 0.717) is 5.71 Å². The summed E-state index contributed by atoms with van der Waals surface area (Å²) in [7, 11) is 0. The Morgan fingerprint density at radius 2 is 2.00 bits per heavy atom. The summed E-state index contributed by atoms with van der Waals surface area (Å²) in [6.45, 7) is 1.64. The topological polar surface area (TPSA) is 161 Å². The Hall–Kier alpha value is -2.16. The van der Waals surface area contributed by atoms with Gasteiger partial charge in [-0.1, -0.05) is 0 Å². The van der Waals surface area contributed by atoms with Crippen molar-refractivity contribution < 1.29 is 0 Å². The fourth-order valence-electron chi connectivity index (χ4n) is 0.400. The summed E-state index contributed by atoms with van der Waals surface area (Å²) in [5.41, 5.74) is 12.0. The maximum absolute atomic E-state index is 7.01. The number of rotatable bonds is 3. The molecule has 9 nitrogen and oxygen atoms in total. The van der Waals surface area contributed by atoms with Crippen LogP contribution in [0.15, 0.2) is 10.2 Å². The minimum atomic E-state index is -0.265. The van der Waals surface area contributed by atoms with E-state index in [-0.39, 0.29) is 11.9 Å². The number of hydrogen-bond donors (Lipinski definition) is 7. The molecule has 0 amide bonds. The Balaban J connectivity index is 3.94. The largest absolute Gasteiger partial charge is 0.369 e. The molecule has 0 spiro atoms. The van der Waals surface area contributed by atoms with Gasteiger partial charge in [0.05, 0.1) is 11.9 Å². The van der Waals surface area contributed by atoms with Crippen LogP contribution in [0.25, 0.3) is 0 Å². The maximum atomic E-state index is 7.01. The lowest BCUT2D eigenvalue weighted by atomic mass is 10.5. The normalized spacial score (nSPS) is 11.1. The number of hydrazine groups is 1. The number of guanidine groups is 2. The van der Waals surface area contributed by atoms with Gasteiger partial charge >= 0.3 is 0 Å². The molecular weight excluding hydrogens is 186 g/mol. The first kappa shape index (κ1) is 11.8. The number of nitrogens with zero attached hydrogens (tertiary/aromatic N) is 2. The Labute approximate surface area is 80.6 Å². The van der Waals surface area contributed by atoms with Crippen molar-refractivity contribution in [2.45, 2.75) is 6.92 Å².